The first-order valence-electron chi connectivity index (χ1n) is 10.4. The van der Waals surface area contributed by atoms with E-state index >= 15 is 0 Å². The third-order valence-corrected chi connectivity index (χ3v) is 5.32. The van der Waals surface area contributed by atoms with Crippen LogP contribution in [0.5, 0.6) is 0 Å². The summed E-state index contributed by atoms with van der Waals surface area (Å²) in [6.07, 6.45) is 2.14. The molecule has 0 unspecified atom stereocenters. The topological polar surface area (TPSA) is 89.0 Å². The van der Waals surface area contributed by atoms with Crippen LogP contribution in [-0.4, -0.2) is 72.0 Å². The van der Waals surface area contributed by atoms with E-state index in [1.54, 1.807) is 24.5 Å². The first-order chi connectivity index (χ1) is 15.9. The summed E-state index contributed by atoms with van der Waals surface area (Å²) < 4.78 is 38.7. The van der Waals surface area contributed by atoms with Crippen LogP contribution in [0, 0.1) is 11.6 Å². The second kappa shape index (κ2) is 11.5. The van der Waals surface area contributed by atoms with Gasteiger partial charge < -0.3 is 19.3 Å². The van der Waals surface area contributed by atoms with Gasteiger partial charge >= 0.3 is 5.97 Å². The molecule has 0 saturated carbocycles. The molecule has 1 fully saturated rings. The van der Waals surface area contributed by atoms with E-state index in [-0.39, 0.29) is 44.8 Å². The van der Waals surface area contributed by atoms with Crippen LogP contribution in [0.2, 0.25) is 0 Å². The van der Waals surface area contributed by atoms with Crippen molar-refractivity contribution in [2.24, 2.45) is 0 Å². The zero-order valence-corrected chi connectivity index (χ0v) is 18.2. The van der Waals surface area contributed by atoms with E-state index < -0.39 is 41.9 Å². The molecule has 2 heterocycles. The zero-order valence-electron chi connectivity index (χ0n) is 18.2. The number of methoxy groups -OCH3 is 1. The van der Waals surface area contributed by atoms with Crippen molar-refractivity contribution in [2.45, 2.75) is 25.6 Å². The quantitative estimate of drug-likeness (QED) is 0.557. The van der Waals surface area contributed by atoms with Crippen LogP contribution < -0.4 is 0 Å². The lowest BCUT2D eigenvalue weighted by Gasteiger charge is -2.25. The number of carbonyl (C=O) groups is 3. The van der Waals surface area contributed by atoms with E-state index in [1.165, 1.54) is 23.0 Å². The molecular weight excluding hydrogens is 436 g/mol. The molecule has 2 aromatic rings. The van der Waals surface area contributed by atoms with Crippen molar-refractivity contribution < 1.29 is 32.6 Å². The first-order valence-corrected chi connectivity index (χ1v) is 10.4. The lowest BCUT2D eigenvalue weighted by molar-refractivity contribution is -0.142. The maximum absolute atomic E-state index is 14.0. The molecule has 2 amide bonds. The molecule has 0 spiro atoms. The second-order valence-corrected chi connectivity index (χ2v) is 7.61. The summed E-state index contributed by atoms with van der Waals surface area (Å²) in [6.45, 7) is 0.241. The molecule has 0 radical (unpaired) electrons. The summed E-state index contributed by atoms with van der Waals surface area (Å²) in [7, 11) is 1.26. The second-order valence-electron chi connectivity index (χ2n) is 7.61. The number of rotatable bonds is 8. The molecule has 1 aromatic heterocycles. The van der Waals surface area contributed by atoms with E-state index in [9.17, 15) is 23.2 Å². The number of hydrogen-bond donors (Lipinski definition) is 0. The molecule has 1 aliphatic rings. The molecular formula is C23H25F2N3O5. The lowest BCUT2D eigenvalue weighted by Crippen LogP contribution is -2.41. The van der Waals surface area contributed by atoms with Crippen LogP contribution >= 0.6 is 0 Å². The molecule has 1 saturated heterocycles. The SMILES string of the molecule is COC(=O)CCN1C[C@@H](OCc2ccncc2)CN(C(=O)Cc2c(F)cccc2F)CC1=O. The normalized spacial score (nSPS) is 16.5. The monoisotopic (exact) mass is 461 g/mol. The number of amides is 2. The van der Waals surface area contributed by atoms with Gasteiger partial charge in [0.05, 0.1) is 39.2 Å². The van der Waals surface area contributed by atoms with E-state index in [0.717, 1.165) is 17.7 Å². The highest BCUT2D eigenvalue weighted by Gasteiger charge is 2.31. The summed E-state index contributed by atoms with van der Waals surface area (Å²) in [5.41, 5.74) is 0.504. The van der Waals surface area contributed by atoms with Gasteiger partial charge in [-0.1, -0.05) is 6.07 Å². The Bertz CT molecular complexity index is 969. The van der Waals surface area contributed by atoms with Gasteiger partial charge in [0.25, 0.3) is 0 Å². The largest absolute Gasteiger partial charge is 0.469 e. The molecule has 176 valence electrons. The number of carbonyl (C=O) groups excluding carboxylic acids is 3. The fraction of sp³-hybridized carbons (Fsp3) is 0.391. The molecule has 8 nitrogen and oxygen atoms in total. The Balaban J connectivity index is 1.74. The molecule has 1 aliphatic heterocycles. The van der Waals surface area contributed by atoms with Crippen LogP contribution in [0.25, 0.3) is 0 Å². The van der Waals surface area contributed by atoms with Crippen molar-refractivity contribution in [2.75, 3.05) is 33.3 Å². The van der Waals surface area contributed by atoms with Crippen LogP contribution in [0.1, 0.15) is 17.5 Å². The predicted octanol–water partition coefficient (Wildman–Crippen LogP) is 1.72. The van der Waals surface area contributed by atoms with Gasteiger partial charge in [0.2, 0.25) is 11.8 Å². The minimum atomic E-state index is -0.824. The van der Waals surface area contributed by atoms with Gasteiger partial charge in [-0.3, -0.25) is 19.4 Å². The number of pyridine rings is 1. The first kappa shape index (κ1) is 24.2. The van der Waals surface area contributed by atoms with Gasteiger partial charge in [-0.05, 0) is 29.8 Å². The number of ether oxygens (including phenoxy) is 2. The van der Waals surface area contributed by atoms with Crippen molar-refractivity contribution >= 4 is 17.8 Å². The van der Waals surface area contributed by atoms with Gasteiger partial charge in [-0.15, -0.1) is 0 Å². The number of hydrogen-bond acceptors (Lipinski definition) is 6. The Morgan fingerprint density at radius 2 is 1.82 bits per heavy atom. The third-order valence-electron chi connectivity index (χ3n) is 5.32. The number of nitrogens with zero attached hydrogens (tertiary/aromatic N) is 3. The van der Waals surface area contributed by atoms with Crippen molar-refractivity contribution in [3.8, 4) is 0 Å². The highest BCUT2D eigenvalue weighted by Crippen LogP contribution is 2.17. The summed E-state index contributed by atoms with van der Waals surface area (Å²) in [4.78, 5) is 43.9. The maximum Gasteiger partial charge on any atom is 0.307 e. The predicted molar refractivity (Wildman–Crippen MR) is 113 cm³/mol. The number of benzene rings is 1. The van der Waals surface area contributed by atoms with Gasteiger partial charge in [-0.25, -0.2) is 8.78 Å². The molecule has 1 atom stereocenters. The Labute approximate surface area is 190 Å². The van der Waals surface area contributed by atoms with E-state index in [1.807, 2.05) is 0 Å². The van der Waals surface area contributed by atoms with Crippen LogP contribution in [0.15, 0.2) is 42.7 Å². The Morgan fingerprint density at radius 1 is 1.12 bits per heavy atom. The average molecular weight is 461 g/mol. The lowest BCUT2D eigenvalue weighted by atomic mass is 10.1. The Kier molecular flexibility index (Phi) is 8.42. The fourth-order valence-electron chi connectivity index (χ4n) is 3.48. The van der Waals surface area contributed by atoms with Crippen molar-refractivity contribution in [3.63, 3.8) is 0 Å². The Hall–Kier alpha value is -3.40. The highest BCUT2D eigenvalue weighted by atomic mass is 19.1. The van der Waals surface area contributed by atoms with Crippen LogP contribution in [0.4, 0.5) is 8.78 Å². The minimum absolute atomic E-state index is 0.00625. The van der Waals surface area contributed by atoms with Gasteiger partial charge in [-0.2, -0.15) is 0 Å². The average Bonchev–Trinajstić information content (AvgIpc) is 2.97. The van der Waals surface area contributed by atoms with Gasteiger partial charge in [0, 0.05) is 37.6 Å². The van der Waals surface area contributed by atoms with E-state index in [2.05, 4.69) is 9.72 Å². The zero-order chi connectivity index (χ0) is 23.8. The van der Waals surface area contributed by atoms with E-state index in [4.69, 9.17) is 4.74 Å². The van der Waals surface area contributed by atoms with Gasteiger partial charge in [0.15, 0.2) is 0 Å². The smallest absolute Gasteiger partial charge is 0.307 e. The maximum atomic E-state index is 14.0. The van der Waals surface area contributed by atoms with E-state index in [0.29, 0.717) is 0 Å². The highest BCUT2D eigenvalue weighted by molar-refractivity contribution is 5.86. The number of aromatic nitrogens is 1. The fourth-order valence-corrected chi connectivity index (χ4v) is 3.48. The molecule has 0 N–H and O–H groups in total. The molecule has 0 bridgehead atoms. The molecule has 1 aromatic carbocycles. The summed E-state index contributed by atoms with van der Waals surface area (Å²) in [5, 5.41) is 0. The summed E-state index contributed by atoms with van der Waals surface area (Å²) >= 11 is 0. The van der Waals surface area contributed by atoms with Crippen LogP contribution in [-0.2, 0) is 36.9 Å². The summed E-state index contributed by atoms with van der Waals surface area (Å²) in [5.74, 6) is -3.11. The molecule has 33 heavy (non-hydrogen) atoms. The Morgan fingerprint density at radius 3 is 2.48 bits per heavy atom. The molecule has 10 heteroatoms. The van der Waals surface area contributed by atoms with Crippen molar-refractivity contribution in [3.05, 3.63) is 65.5 Å². The standard InChI is InChI=1S/C23H25F2N3O5/c1-32-23(31)7-10-27-12-17(33-15-16-5-8-26-9-6-16)13-28(14-22(27)30)21(29)11-18-19(24)3-2-4-20(18)25/h2-6,8-9,17H,7,10-15H2,1H3/t17-/m1/s1. The number of esters is 1. The van der Waals surface area contributed by atoms with Crippen molar-refractivity contribution in [1.29, 1.82) is 0 Å². The van der Waals surface area contributed by atoms with Crippen molar-refractivity contribution in [1.82, 2.24) is 14.8 Å². The number of halogens is 2. The molecule has 3 rings (SSSR count). The van der Waals surface area contributed by atoms with Gasteiger partial charge in [0.1, 0.15) is 11.6 Å². The third kappa shape index (κ3) is 6.79. The summed E-state index contributed by atoms with van der Waals surface area (Å²) in [6, 6.07) is 6.93. The van der Waals surface area contributed by atoms with Crippen LogP contribution in [0.3, 0.4) is 0 Å². The minimum Gasteiger partial charge on any atom is -0.469 e. The molecule has 0 aliphatic carbocycles.